The third kappa shape index (κ3) is 3.33. The zero-order valence-electron chi connectivity index (χ0n) is 6.65. The van der Waals surface area contributed by atoms with E-state index >= 15 is 0 Å². The molecule has 0 saturated carbocycles. The van der Waals surface area contributed by atoms with Crippen LogP contribution in [-0.4, -0.2) is 10.3 Å². The van der Waals surface area contributed by atoms with E-state index in [1.54, 1.807) is 0 Å². The van der Waals surface area contributed by atoms with E-state index in [1.807, 2.05) is 0 Å². The van der Waals surface area contributed by atoms with Gasteiger partial charge in [0.05, 0.1) is 5.02 Å². The summed E-state index contributed by atoms with van der Waals surface area (Å²) in [6.45, 7) is 0. The van der Waals surface area contributed by atoms with Crippen molar-refractivity contribution in [1.29, 1.82) is 0 Å². The Morgan fingerprint density at radius 2 is 2.38 bits per heavy atom. The minimum atomic E-state index is -0.660. The first-order chi connectivity index (χ1) is 6.24. The van der Waals surface area contributed by atoms with Gasteiger partial charge >= 0.3 is 0 Å². The molecule has 0 N–H and O–H groups in total. The molecule has 1 rings (SSSR count). The molecule has 1 heterocycles. The van der Waals surface area contributed by atoms with Crippen molar-refractivity contribution >= 4 is 27.5 Å². The molecule has 68 valence electrons. The molecule has 0 aromatic carbocycles. The van der Waals surface area contributed by atoms with Crippen molar-refractivity contribution < 1.29 is 4.39 Å². The second kappa shape index (κ2) is 5.21. The highest BCUT2D eigenvalue weighted by Crippen LogP contribution is 2.12. The average Bonchev–Trinajstić information content (AvgIpc) is 2.12. The summed E-state index contributed by atoms with van der Waals surface area (Å²) in [7, 11) is 0. The topological polar surface area (TPSA) is 12.9 Å². The summed E-state index contributed by atoms with van der Waals surface area (Å²) in [5.41, 5.74) is 0.632. The van der Waals surface area contributed by atoms with E-state index in [-0.39, 0.29) is 5.02 Å². The molecule has 0 bridgehead atoms. The Morgan fingerprint density at radius 1 is 1.62 bits per heavy atom. The molecule has 0 spiro atoms. The van der Waals surface area contributed by atoms with Crippen molar-refractivity contribution in [3.63, 3.8) is 0 Å². The molecule has 0 aliphatic rings. The van der Waals surface area contributed by atoms with E-state index in [9.17, 15) is 4.39 Å². The third-order valence-electron chi connectivity index (χ3n) is 1.25. The lowest BCUT2D eigenvalue weighted by Gasteiger charge is -1.92. The van der Waals surface area contributed by atoms with Crippen LogP contribution in [0.4, 0.5) is 4.39 Å². The van der Waals surface area contributed by atoms with Crippen LogP contribution in [0, 0.1) is 17.8 Å². The maximum absolute atomic E-state index is 12.6. The number of alkyl halides is 1. The third-order valence-corrected chi connectivity index (χ3v) is 1.91. The maximum Gasteiger partial charge on any atom is 0.231 e. The Balaban J connectivity index is 2.81. The zero-order chi connectivity index (χ0) is 9.68. The molecule has 0 atom stereocenters. The van der Waals surface area contributed by atoms with Gasteiger partial charge in [-0.05, 0) is 6.07 Å². The maximum atomic E-state index is 12.6. The van der Waals surface area contributed by atoms with Gasteiger partial charge in [-0.15, -0.1) is 0 Å². The molecule has 0 saturated heterocycles. The summed E-state index contributed by atoms with van der Waals surface area (Å²) < 4.78 is 12.6. The summed E-state index contributed by atoms with van der Waals surface area (Å²) in [5.74, 6) is 5.04. The second-order valence-electron chi connectivity index (χ2n) is 2.24. The number of pyridine rings is 1. The van der Waals surface area contributed by atoms with Gasteiger partial charge < -0.3 is 0 Å². The first kappa shape index (κ1) is 10.5. The van der Waals surface area contributed by atoms with E-state index in [0.29, 0.717) is 5.56 Å². The molecule has 0 aliphatic heterocycles. The van der Waals surface area contributed by atoms with E-state index in [4.69, 9.17) is 11.6 Å². The van der Waals surface area contributed by atoms with Gasteiger partial charge in [-0.3, -0.25) is 0 Å². The summed E-state index contributed by atoms with van der Waals surface area (Å²) in [4.78, 5) is 3.44. The number of aromatic nitrogens is 1. The molecule has 0 fully saturated rings. The van der Waals surface area contributed by atoms with Gasteiger partial charge in [0.2, 0.25) is 5.95 Å². The van der Waals surface area contributed by atoms with E-state index in [1.165, 1.54) is 12.3 Å². The van der Waals surface area contributed by atoms with Crippen LogP contribution < -0.4 is 0 Å². The molecule has 0 unspecified atom stereocenters. The highest BCUT2D eigenvalue weighted by molar-refractivity contribution is 9.09. The molecule has 1 aromatic rings. The van der Waals surface area contributed by atoms with Crippen molar-refractivity contribution in [2.24, 2.45) is 0 Å². The molecule has 4 heteroatoms. The highest BCUT2D eigenvalue weighted by Gasteiger charge is 1.99. The fourth-order valence-electron chi connectivity index (χ4n) is 0.701. The summed E-state index contributed by atoms with van der Waals surface area (Å²) in [5, 5.41) is 0.827. The number of hydrogen-bond donors (Lipinski definition) is 0. The van der Waals surface area contributed by atoms with Gasteiger partial charge in [-0.1, -0.05) is 39.4 Å². The SMILES string of the molecule is Fc1ncc(C#CCCBr)cc1Cl. The van der Waals surface area contributed by atoms with Crippen molar-refractivity contribution in [3.05, 3.63) is 28.8 Å². The van der Waals surface area contributed by atoms with Crippen LogP contribution >= 0.6 is 27.5 Å². The lowest BCUT2D eigenvalue weighted by atomic mass is 10.3. The zero-order valence-corrected chi connectivity index (χ0v) is 8.99. The van der Waals surface area contributed by atoms with E-state index in [0.717, 1.165) is 11.8 Å². The van der Waals surface area contributed by atoms with Gasteiger partial charge in [0.1, 0.15) is 0 Å². The van der Waals surface area contributed by atoms with Crippen LogP contribution in [0.15, 0.2) is 12.3 Å². The quantitative estimate of drug-likeness (QED) is 0.431. The first-order valence-electron chi connectivity index (χ1n) is 3.60. The van der Waals surface area contributed by atoms with E-state index < -0.39 is 5.95 Å². The van der Waals surface area contributed by atoms with Crippen LogP contribution in [-0.2, 0) is 0 Å². The monoisotopic (exact) mass is 261 g/mol. The number of nitrogens with zero attached hydrogens (tertiary/aromatic N) is 1. The fraction of sp³-hybridized carbons (Fsp3) is 0.222. The summed E-state index contributed by atoms with van der Waals surface area (Å²) >= 11 is 8.76. The largest absolute Gasteiger partial charge is 0.231 e. The van der Waals surface area contributed by atoms with Crippen LogP contribution in [0.3, 0.4) is 0 Å². The molecule has 0 radical (unpaired) electrons. The van der Waals surface area contributed by atoms with Crippen LogP contribution in [0.5, 0.6) is 0 Å². The van der Waals surface area contributed by atoms with Gasteiger partial charge in [0, 0.05) is 23.5 Å². The summed E-state index contributed by atoms with van der Waals surface area (Å²) in [6, 6.07) is 1.46. The first-order valence-corrected chi connectivity index (χ1v) is 5.10. The average molecular weight is 263 g/mol. The van der Waals surface area contributed by atoms with Gasteiger partial charge in [0.25, 0.3) is 0 Å². The number of halogens is 3. The Morgan fingerprint density at radius 3 is 3.00 bits per heavy atom. The Labute approximate surface area is 89.4 Å². The molecule has 1 nitrogen and oxygen atoms in total. The molecule has 13 heavy (non-hydrogen) atoms. The number of rotatable bonds is 1. The molecule has 0 amide bonds. The predicted molar refractivity (Wildman–Crippen MR) is 54.5 cm³/mol. The van der Waals surface area contributed by atoms with Crippen molar-refractivity contribution in [2.75, 3.05) is 5.33 Å². The normalized spacial score (nSPS) is 9.15. The van der Waals surface area contributed by atoms with Crippen molar-refractivity contribution in [2.45, 2.75) is 6.42 Å². The lowest BCUT2D eigenvalue weighted by Crippen LogP contribution is -1.85. The van der Waals surface area contributed by atoms with Crippen LogP contribution in [0.1, 0.15) is 12.0 Å². The van der Waals surface area contributed by atoms with Crippen molar-refractivity contribution in [1.82, 2.24) is 4.98 Å². The minimum absolute atomic E-state index is 0.00522. The van der Waals surface area contributed by atoms with Gasteiger partial charge in [0.15, 0.2) is 0 Å². The smallest absolute Gasteiger partial charge is 0.226 e. The Bertz CT molecular complexity index is 356. The second-order valence-corrected chi connectivity index (χ2v) is 3.44. The summed E-state index contributed by atoms with van der Waals surface area (Å²) in [6.07, 6.45) is 2.11. The lowest BCUT2D eigenvalue weighted by molar-refractivity contribution is 0.584. The van der Waals surface area contributed by atoms with Gasteiger partial charge in [-0.25, -0.2) is 4.98 Å². The van der Waals surface area contributed by atoms with Crippen LogP contribution in [0.25, 0.3) is 0 Å². The van der Waals surface area contributed by atoms with E-state index in [2.05, 4.69) is 32.8 Å². The van der Waals surface area contributed by atoms with Gasteiger partial charge in [-0.2, -0.15) is 4.39 Å². The predicted octanol–water partition coefficient (Wildman–Crippen LogP) is 3.01. The Kier molecular flexibility index (Phi) is 4.20. The highest BCUT2D eigenvalue weighted by atomic mass is 79.9. The standard InChI is InChI=1S/C9H6BrClFN/c10-4-2-1-3-7-5-8(11)9(12)13-6-7/h5-6H,2,4H2. The fourth-order valence-corrected chi connectivity index (χ4v) is 1.07. The molecule has 1 aromatic heterocycles. The minimum Gasteiger partial charge on any atom is -0.226 e. The molecular weight excluding hydrogens is 256 g/mol. The number of hydrogen-bond acceptors (Lipinski definition) is 1. The Hall–Kier alpha value is -0.590. The molecular formula is C9H6BrClFN. The molecule has 0 aliphatic carbocycles. The van der Waals surface area contributed by atoms with Crippen LogP contribution in [0.2, 0.25) is 5.02 Å². The van der Waals surface area contributed by atoms with Crippen molar-refractivity contribution in [3.8, 4) is 11.8 Å².